The molecule has 1 aliphatic rings. The summed E-state index contributed by atoms with van der Waals surface area (Å²) in [6.45, 7) is 4.24. The van der Waals surface area contributed by atoms with Crippen molar-refractivity contribution in [3.8, 4) is 0 Å². The molecule has 0 aromatic heterocycles. The van der Waals surface area contributed by atoms with Crippen molar-refractivity contribution >= 4 is 0 Å². The van der Waals surface area contributed by atoms with Crippen molar-refractivity contribution in [1.82, 2.24) is 5.32 Å². The minimum atomic E-state index is -0.131. The van der Waals surface area contributed by atoms with Crippen molar-refractivity contribution in [2.45, 2.75) is 25.8 Å². The summed E-state index contributed by atoms with van der Waals surface area (Å²) in [4.78, 5) is 0. The van der Waals surface area contributed by atoms with Crippen LogP contribution in [0.3, 0.4) is 0 Å². The van der Waals surface area contributed by atoms with Gasteiger partial charge in [-0.3, -0.25) is 0 Å². The molecule has 19 heavy (non-hydrogen) atoms. The zero-order chi connectivity index (χ0) is 13.7. The van der Waals surface area contributed by atoms with Crippen molar-refractivity contribution < 1.29 is 14.2 Å². The number of aryl methyl sites for hydroxylation is 1. The van der Waals surface area contributed by atoms with E-state index in [1.807, 2.05) is 12.1 Å². The number of hydrogen-bond acceptors (Lipinski definition) is 3. The summed E-state index contributed by atoms with van der Waals surface area (Å²) in [5.74, 6) is -0.131. The normalized spacial score (nSPS) is 18.9. The van der Waals surface area contributed by atoms with Gasteiger partial charge in [-0.2, -0.15) is 0 Å². The molecular formula is C15H22FNO2. The predicted octanol–water partition coefficient (Wildman–Crippen LogP) is 1.75. The van der Waals surface area contributed by atoms with Gasteiger partial charge < -0.3 is 15.2 Å². The second kappa shape index (κ2) is 6.46. The molecule has 1 aromatic rings. The fourth-order valence-corrected chi connectivity index (χ4v) is 2.21. The molecule has 2 rings (SSSR count). The highest BCUT2D eigenvalue weighted by Crippen LogP contribution is 2.25. The Labute approximate surface area is 113 Å². The van der Waals surface area contributed by atoms with Gasteiger partial charge in [0.25, 0.3) is 0 Å². The zero-order valence-electron chi connectivity index (χ0n) is 11.4. The highest BCUT2D eigenvalue weighted by Gasteiger charge is 2.37. The molecule has 0 saturated carbocycles. The summed E-state index contributed by atoms with van der Waals surface area (Å²) in [7, 11) is 0. The Balaban J connectivity index is 1.73. The van der Waals surface area contributed by atoms with Crippen LogP contribution in [0.4, 0.5) is 4.39 Å². The highest BCUT2D eigenvalue weighted by atomic mass is 19.1. The van der Waals surface area contributed by atoms with Crippen molar-refractivity contribution in [2.75, 3.05) is 26.4 Å². The van der Waals surface area contributed by atoms with Gasteiger partial charge in [0.05, 0.1) is 25.2 Å². The largest absolute Gasteiger partial charge is 0.396 e. The maximum absolute atomic E-state index is 13.5. The molecule has 1 unspecified atom stereocenters. The van der Waals surface area contributed by atoms with Crippen molar-refractivity contribution in [3.05, 3.63) is 35.6 Å². The summed E-state index contributed by atoms with van der Waals surface area (Å²) >= 11 is 0. The number of rotatable bonds is 7. The Morgan fingerprint density at radius 1 is 1.42 bits per heavy atom. The van der Waals surface area contributed by atoms with Crippen LogP contribution < -0.4 is 5.32 Å². The molecule has 0 amide bonds. The number of ether oxygens (including phenoxy) is 1. The van der Waals surface area contributed by atoms with Crippen LogP contribution in [-0.4, -0.2) is 37.5 Å². The minimum Gasteiger partial charge on any atom is -0.396 e. The van der Waals surface area contributed by atoms with E-state index in [1.54, 1.807) is 6.07 Å². The number of hydrogen-bond donors (Lipinski definition) is 2. The number of aliphatic hydroxyl groups excluding tert-OH is 1. The van der Waals surface area contributed by atoms with E-state index < -0.39 is 0 Å². The quantitative estimate of drug-likeness (QED) is 0.791. The lowest BCUT2D eigenvalue weighted by molar-refractivity contribution is -0.135. The first-order valence-corrected chi connectivity index (χ1v) is 6.81. The van der Waals surface area contributed by atoms with Gasteiger partial charge in [0.15, 0.2) is 0 Å². The first-order valence-electron chi connectivity index (χ1n) is 6.81. The van der Waals surface area contributed by atoms with Gasteiger partial charge in [-0.05, 0) is 31.4 Å². The molecule has 1 aliphatic heterocycles. The fraction of sp³-hybridized carbons (Fsp3) is 0.600. The van der Waals surface area contributed by atoms with Crippen molar-refractivity contribution in [3.63, 3.8) is 0 Å². The molecule has 106 valence electrons. The maximum Gasteiger partial charge on any atom is 0.126 e. The molecule has 0 bridgehead atoms. The third-order valence-electron chi connectivity index (χ3n) is 3.78. The van der Waals surface area contributed by atoms with E-state index in [9.17, 15) is 9.50 Å². The summed E-state index contributed by atoms with van der Waals surface area (Å²) in [6, 6.07) is 7.20. The first kappa shape index (κ1) is 14.4. The van der Waals surface area contributed by atoms with E-state index in [-0.39, 0.29) is 17.8 Å². The van der Waals surface area contributed by atoms with Gasteiger partial charge in [-0.15, -0.1) is 0 Å². The van der Waals surface area contributed by atoms with Gasteiger partial charge in [0, 0.05) is 12.6 Å². The van der Waals surface area contributed by atoms with E-state index in [0.29, 0.717) is 19.3 Å². The van der Waals surface area contributed by atoms with Crippen LogP contribution in [0.25, 0.3) is 0 Å². The van der Waals surface area contributed by atoms with Crippen LogP contribution in [0.15, 0.2) is 24.3 Å². The summed E-state index contributed by atoms with van der Waals surface area (Å²) in [5, 5.41) is 12.7. The smallest absolute Gasteiger partial charge is 0.126 e. The Kier molecular flexibility index (Phi) is 4.91. The SMILES string of the molecule is CC(CCc1ccccc1F)NCC1(CO)COC1. The van der Waals surface area contributed by atoms with Crippen LogP contribution in [-0.2, 0) is 11.2 Å². The molecule has 3 nitrogen and oxygen atoms in total. The molecule has 1 heterocycles. The van der Waals surface area contributed by atoms with Gasteiger partial charge in [0.2, 0.25) is 0 Å². The monoisotopic (exact) mass is 267 g/mol. The summed E-state index contributed by atoms with van der Waals surface area (Å²) in [6.07, 6.45) is 1.60. The molecule has 1 atom stereocenters. The predicted molar refractivity (Wildman–Crippen MR) is 72.5 cm³/mol. The first-order chi connectivity index (χ1) is 9.15. The molecule has 2 N–H and O–H groups in total. The number of nitrogens with one attached hydrogen (secondary N) is 1. The molecule has 1 saturated heterocycles. The lowest BCUT2D eigenvalue weighted by atomic mass is 9.86. The summed E-state index contributed by atoms with van der Waals surface area (Å²) in [5.41, 5.74) is 0.659. The molecular weight excluding hydrogens is 245 g/mol. The van der Waals surface area contributed by atoms with E-state index >= 15 is 0 Å². The maximum atomic E-state index is 13.5. The van der Waals surface area contributed by atoms with Crippen LogP contribution >= 0.6 is 0 Å². The number of aliphatic hydroxyl groups is 1. The van der Waals surface area contributed by atoms with E-state index in [0.717, 1.165) is 24.9 Å². The third-order valence-corrected chi connectivity index (χ3v) is 3.78. The second-order valence-corrected chi connectivity index (χ2v) is 5.56. The van der Waals surface area contributed by atoms with Crippen molar-refractivity contribution in [1.29, 1.82) is 0 Å². The lowest BCUT2D eigenvalue weighted by Crippen LogP contribution is -2.53. The van der Waals surface area contributed by atoms with Gasteiger partial charge in [-0.1, -0.05) is 18.2 Å². The average Bonchev–Trinajstić information content (AvgIpc) is 2.37. The van der Waals surface area contributed by atoms with Gasteiger partial charge in [-0.25, -0.2) is 4.39 Å². The highest BCUT2D eigenvalue weighted by molar-refractivity contribution is 5.17. The van der Waals surface area contributed by atoms with Crippen LogP contribution in [0.5, 0.6) is 0 Å². The van der Waals surface area contributed by atoms with Gasteiger partial charge >= 0.3 is 0 Å². The number of benzene rings is 1. The molecule has 4 heteroatoms. The van der Waals surface area contributed by atoms with Crippen LogP contribution in [0.2, 0.25) is 0 Å². The topological polar surface area (TPSA) is 41.5 Å². The summed E-state index contributed by atoms with van der Waals surface area (Å²) < 4.78 is 18.6. The Morgan fingerprint density at radius 3 is 2.74 bits per heavy atom. The average molecular weight is 267 g/mol. The molecule has 0 spiro atoms. The third kappa shape index (κ3) is 3.75. The zero-order valence-corrected chi connectivity index (χ0v) is 11.4. The van der Waals surface area contributed by atoms with Crippen LogP contribution in [0, 0.1) is 11.2 Å². The minimum absolute atomic E-state index is 0.105. The van der Waals surface area contributed by atoms with E-state index in [4.69, 9.17) is 4.74 Å². The fourth-order valence-electron chi connectivity index (χ4n) is 2.21. The second-order valence-electron chi connectivity index (χ2n) is 5.56. The standard InChI is InChI=1S/C15H22FNO2/c1-12(17-8-15(9-18)10-19-11-15)6-7-13-4-2-3-5-14(13)16/h2-5,12,17-18H,6-11H2,1H3. The molecule has 1 fully saturated rings. The Morgan fingerprint density at radius 2 is 2.16 bits per heavy atom. The Bertz CT molecular complexity index is 401. The van der Waals surface area contributed by atoms with Gasteiger partial charge in [0.1, 0.15) is 5.82 Å². The number of halogens is 1. The van der Waals surface area contributed by atoms with E-state index in [1.165, 1.54) is 6.07 Å². The molecule has 1 aromatic carbocycles. The van der Waals surface area contributed by atoms with E-state index in [2.05, 4.69) is 12.2 Å². The molecule has 0 aliphatic carbocycles. The Hall–Kier alpha value is -0.970. The van der Waals surface area contributed by atoms with Crippen LogP contribution in [0.1, 0.15) is 18.9 Å². The van der Waals surface area contributed by atoms with Crippen molar-refractivity contribution in [2.24, 2.45) is 5.41 Å². The lowest BCUT2D eigenvalue weighted by Gasteiger charge is -2.40. The molecule has 0 radical (unpaired) electrons.